The third-order valence-electron chi connectivity index (χ3n) is 20.3. The number of hydrogen-bond acceptors (Lipinski definition) is 34. The summed E-state index contributed by atoms with van der Waals surface area (Å²) in [4.78, 5) is 107. The van der Waals surface area contributed by atoms with Crippen molar-refractivity contribution in [2.45, 2.75) is 206 Å². The number of hydrogen-bond donors (Lipinski definition) is 5. The molecule has 6 atom stereocenters. The molecule has 748 valence electrons. The van der Waals surface area contributed by atoms with Crippen LogP contribution in [0.4, 0.5) is 0 Å². The van der Waals surface area contributed by atoms with E-state index >= 15 is 0 Å². The van der Waals surface area contributed by atoms with E-state index in [4.69, 9.17) is 84.5 Å². The Labute approximate surface area is 798 Å². The van der Waals surface area contributed by atoms with Crippen LogP contribution in [0.15, 0.2) is 126 Å². The third-order valence-corrected chi connectivity index (χ3v) is 29.1. The number of nitrogens with one attached hydrogen (secondary N) is 3. The van der Waals surface area contributed by atoms with Crippen molar-refractivity contribution >= 4 is 92.9 Å². The zero-order valence-electron chi connectivity index (χ0n) is 82.1. The van der Waals surface area contributed by atoms with Crippen LogP contribution in [0.1, 0.15) is 157 Å². The lowest BCUT2D eigenvalue weighted by atomic mass is 9.95. The second kappa shape index (κ2) is 56.1. The summed E-state index contributed by atoms with van der Waals surface area (Å²) < 4.78 is 134. The van der Waals surface area contributed by atoms with Gasteiger partial charge in [-0.1, -0.05) is 123 Å². The minimum absolute atomic E-state index is 0.0643. The molecule has 6 aromatic carbocycles. The van der Waals surface area contributed by atoms with Crippen molar-refractivity contribution in [2.75, 3.05) is 92.7 Å². The van der Waals surface area contributed by atoms with Crippen LogP contribution >= 0.6 is 22.8 Å². The summed E-state index contributed by atoms with van der Waals surface area (Å²) >= 11 is 0. The zero-order chi connectivity index (χ0) is 101. The van der Waals surface area contributed by atoms with Gasteiger partial charge in [0, 0.05) is 83.0 Å². The van der Waals surface area contributed by atoms with Crippen molar-refractivity contribution in [1.29, 1.82) is 0 Å². The Hall–Kier alpha value is -10.9. The van der Waals surface area contributed by atoms with Gasteiger partial charge in [0.2, 0.25) is 5.91 Å². The lowest BCUT2D eigenvalue weighted by molar-refractivity contribution is -0.231. The highest BCUT2D eigenvalue weighted by atomic mass is 31.2. The quantitative estimate of drug-likeness (QED) is 0.00273. The SMILES string of the molecule is CC(=O)OO.CCOC(=O)[C@H](C)OP(=O)(CCNC(C)=O)Oc1ccccc1.CCOC(=O)[C@H](C)OP(=O)(CNC/C(C)=C/Cc1c(O)c2c(c(C)c1OC)COC2=O)Oc1ccccc1.CCOC(=O)[C@H](C)OP(=O)(CNC/C(C)=C/Cc1c(OC)c(C)c2c(c1OCC[Si](C)(C)C)C(=O)OC2)Oc1ccccc1.COc1c(C)c2c(c(OCC[Si](C)(C)C)c1C/C=C(\C)C=O)C(=O)OC2. The molecular formula is C96H134N3O32P3Si2. The van der Waals surface area contributed by atoms with Gasteiger partial charge in [0.25, 0.3) is 0 Å². The highest BCUT2D eigenvalue weighted by molar-refractivity contribution is 7.54. The largest absolute Gasteiger partial charge is 0.507 e. The maximum absolute atomic E-state index is 13.7. The van der Waals surface area contributed by atoms with Crippen LogP contribution in [0.5, 0.6) is 51.7 Å². The molecule has 40 heteroatoms. The van der Waals surface area contributed by atoms with Gasteiger partial charge in [0.05, 0.1) is 60.5 Å². The Kier molecular flexibility index (Phi) is 47.6. The predicted octanol–water partition coefficient (Wildman–Crippen LogP) is 17.8. The smallest absolute Gasteiger partial charge is 0.393 e. The van der Waals surface area contributed by atoms with Crippen LogP contribution in [0, 0.1) is 20.8 Å². The van der Waals surface area contributed by atoms with E-state index in [-0.39, 0.29) is 94.1 Å². The van der Waals surface area contributed by atoms with Crippen LogP contribution < -0.4 is 53.2 Å². The first kappa shape index (κ1) is 116. The van der Waals surface area contributed by atoms with Crippen LogP contribution in [-0.2, 0) is 128 Å². The second-order valence-electron chi connectivity index (χ2n) is 33.8. The zero-order valence-corrected chi connectivity index (χ0v) is 86.8. The van der Waals surface area contributed by atoms with Crippen molar-refractivity contribution < 1.29 is 151 Å². The summed E-state index contributed by atoms with van der Waals surface area (Å²) in [6.07, 6.45) is 4.10. The number of phenols is 1. The molecule has 0 fully saturated rings. The molecule has 0 spiro atoms. The number of benzene rings is 6. The van der Waals surface area contributed by atoms with E-state index in [2.05, 4.69) is 60.1 Å². The van der Waals surface area contributed by atoms with Gasteiger partial charge in [0.1, 0.15) is 107 Å². The molecule has 5 N–H and O–H groups in total. The highest BCUT2D eigenvalue weighted by Crippen LogP contribution is 2.53. The normalized spacial score (nSPS) is 14.6. The molecule has 3 heterocycles. The number of aldehydes is 1. The number of fused-ring (bicyclic) bond motifs is 3. The van der Waals surface area contributed by atoms with E-state index in [0.29, 0.717) is 119 Å². The molecule has 0 aromatic heterocycles. The summed E-state index contributed by atoms with van der Waals surface area (Å²) in [7, 11) is -9.18. The van der Waals surface area contributed by atoms with E-state index in [1.54, 1.807) is 127 Å². The number of carbonyl (C=O) groups excluding carboxylic acids is 9. The van der Waals surface area contributed by atoms with E-state index in [0.717, 1.165) is 75.4 Å². The maximum atomic E-state index is 13.7. The molecular weight excluding hydrogens is 1860 g/mol. The monoisotopic (exact) mass is 1990 g/mol. The van der Waals surface area contributed by atoms with Crippen LogP contribution in [0.3, 0.4) is 0 Å². The van der Waals surface area contributed by atoms with E-state index < -0.39 is 87.1 Å². The maximum Gasteiger partial charge on any atom is 0.393 e. The van der Waals surface area contributed by atoms with Gasteiger partial charge in [-0.05, 0) is 173 Å². The average Bonchev–Trinajstić information content (AvgIpc) is 1.59. The van der Waals surface area contributed by atoms with Gasteiger partial charge in [-0.3, -0.25) is 23.2 Å². The van der Waals surface area contributed by atoms with Crippen LogP contribution in [-0.4, -0.2) is 192 Å². The van der Waals surface area contributed by atoms with Gasteiger partial charge in [-0.15, -0.1) is 0 Å². The summed E-state index contributed by atoms with van der Waals surface area (Å²) in [5.41, 5.74) is 10.4. The summed E-state index contributed by atoms with van der Waals surface area (Å²) in [6, 6.07) is 27.6. The topological polar surface area (TPSA) is 448 Å². The predicted molar refractivity (Wildman–Crippen MR) is 517 cm³/mol. The Bertz CT molecular complexity index is 5310. The van der Waals surface area contributed by atoms with Crippen molar-refractivity contribution in [3.8, 4) is 51.7 Å². The van der Waals surface area contributed by atoms with Crippen molar-refractivity contribution in [1.82, 2.24) is 16.0 Å². The number of rotatable bonds is 47. The number of phenolic OH excluding ortho intramolecular Hbond substituents is 1. The molecule has 136 heavy (non-hydrogen) atoms. The number of carbonyl (C=O) groups is 9. The number of esters is 6. The standard InChI is InChI=1S/C32H46NO9PSi.C27H34NO9P.C20H28O5Si.C15H22NO6P.C2H4O3/c1-9-38-31(34)24(4)41-43(36,42-25-13-11-10-12-14-25)21-33-19-22(2)15-16-26-29(37-5)23(3)27-20-40-32(35)28(27)30(26)39-17-18-44(6,7)8;1-6-34-26(30)19(4)36-38(32,37-20-10-8-7-9-11-20)16-28-14-17(2)12-13-21-24(29)23-22(15-35-27(23)31)18(3)25(21)33-5;1-13(11-21)7-8-15-18(23-3)14(2)16-12-25-20(22)17(16)19(15)24-9-10-26(4,5)6;1-4-20-15(18)12(2)21-23(19,11-10-16-13(3)17)22-14-8-6-5-7-9-14;1-2(3)5-4/h10-15,24,33H,9,16-21H2,1-8H3;7-12,19,28-29H,6,13-16H2,1-5H3;7,11H,8-10,12H2,1-6H3;5-9,12H,4,10-11H2,1-3H3,(H,16,17);4H,1H3/b22-15+;17-12+;13-7+;;/t24-,43?;19-,38?;;12-,23?;/m00.0./s1. The summed E-state index contributed by atoms with van der Waals surface area (Å²) in [5.74, 6) is -0.290. The van der Waals surface area contributed by atoms with Crippen LogP contribution in [0.25, 0.3) is 0 Å². The third kappa shape index (κ3) is 36.8. The number of methoxy groups -OCH3 is 3. The van der Waals surface area contributed by atoms with Crippen molar-refractivity contribution in [3.05, 3.63) is 193 Å². The van der Waals surface area contributed by atoms with E-state index in [1.807, 2.05) is 58.9 Å². The Balaban J connectivity index is 0.000000324. The molecule has 0 radical (unpaired) electrons. The number of allylic oxidation sites excluding steroid dienone is 4. The summed E-state index contributed by atoms with van der Waals surface area (Å²) in [6.45, 7) is 39.7. The molecule has 3 aliphatic rings. The van der Waals surface area contributed by atoms with Gasteiger partial charge < -0.3 is 91.6 Å². The molecule has 35 nitrogen and oxygen atoms in total. The van der Waals surface area contributed by atoms with Gasteiger partial charge in [0.15, 0.2) is 18.3 Å². The fraction of sp³-hybridized carbons (Fsp3) is 0.469. The molecule has 6 aromatic rings. The Morgan fingerprint density at radius 3 is 1.12 bits per heavy atom. The lowest BCUT2D eigenvalue weighted by Crippen LogP contribution is -2.27. The summed E-state index contributed by atoms with van der Waals surface area (Å²) in [5, 5.41) is 26.8. The first-order valence-corrected chi connectivity index (χ1v) is 56.9. The molecule has 3 aliphatic heterocycles. The average molecular weight is 1990 g/mol. The number of cyclic esters (lactones) is 3. The lowest BCUT2D eigenvalue weighted by Gasteiger charge is -2.23. The molecule has 0 saturated carbocycles. The molecule has 3 unspecified atom stereocenters. The van der Waals surface area contributed by atoms with Crippen LogP contribution in [0.2, 0.25) is 51.4 Å². The number of para-hydroxylation sites is 3. The van der Waals surface area contributed by atoms with Crippen molar-refractivity contribution in [3.63, 3.8) is 0 Å². The molecule has 1 amide bonds. The van der Waals surface area contributed by atoms with E-state index in [9.17, 15) is 62.0 Å². The second-order valence-corrected chi connectivity index (χ2v) is 51.0. The number of amides is 1. The fourth-order valence-corrected chi connectivity index (χ4v) is 19.5. The fourth-order valence-electron chi connectivity index (χ4n) is 13.3. The molecule has 0 aliphatic carbocycles. The molecule has 9 rings (SSSR count). The highest BCUT2D eigenvalue weighted by Gasteiger charge is 2.40. The first-order chi connectivity index (χ1) is 64.2. The number of aromatic hydroxyl groups is 1. The first-order valence-electron chi connectivity index (χ1n) is 44.3. The van der Waals surface area contributed by atoms with Gasteiger partial charge in [-0.2, -0.15) is 5.26 Å². The number of ether oxygens (including phenoxy) is 11. The minimum atomic E-state index is -3.81. The van der Waals surface area contributed by atoms with E-state index in [1.165, 1.54) is 34.8 Å². The Morgan fingerprint density at radius 1 is 0.478 bits per heavy atom. The minimum Gasteiger partial charge on any atom is -0.507 e. The van der Waals surface area contributed by atoms with Gasteiger partial charge in [-0.25, -0.2) is 47.3 Å². The van der Waals surface area contributed by atoms with Gasteiger partial charge >= 0.3 is 64.6 Å². The van der Waals surface area contributed by atoms with Crippen molar-refractivity contribution in [2.24, 2.45) is 0 Å². The molecule has 0 saturated heterocycles. The Morgan fingerprint density at radius 2 is 0.794 bits per heavy atom. The molecule has 0 bridgehead atoms.